The van der Waals surface area contributed by atoms with Crippen molar-refractivity contribution in [2.24, 2.45) is 17.3 Å². The molecule has 2 saturated carbocycles. The third kappa shape index (κ3) is 2.26. The number of carbonyl (C=O) groups is 1. The van der Waals surface area contributed by atoms with Crippen molar-refractivity contribution in [3.05, 3.63) is 0 Å². The van der Waals surface area contributed by atoms with E-state index in [9.17, 15) is 4.79 Å². The van der Waals surface area contributed by atoms with E-state index in [1.165, 1.54) is 51.4 Å². The summed E-state index contributed by atoms with van der Waals surface area (Å²) in [6, 6.07) is 0. The third-order valence-electron chi connectivity index (χ3n) is 4.68. The first kappa shape index (κ1) is 11.2. The fourth-order valence-electron chi connectivity index (χ4n) is 3.61. The second-order valence-corrected chi connectivity index (χ2v) is 6.04. The van der Waals surface area contributed by atoms with Gasteiger partial charge in [-0.1, -0.05) is 26.7 Å². The van der Waals surface area contributed by atoms with Gasteiger partial charge in [-0.3, -0.25) is 4.79 Å². The van der Waals surface area contributed by atoms with E-state index in [0.29, 0.717) is 17.1 Å². The van der Waals surface area contributed by atoms with Crippen LogP contribution in [0.5, 0.6) is 0 Å². The fraction of sp³-hybridized carbons (Fsp3) is 0.929. The maximum atomic E-state index is 11.9. The van der Waals surface area contributed by atoms with E-state index < -0.39 is 0 Å². The first-order chi connectivity index (χ1) is 7.13. The number of carbonyl (C=O) groups excluding carboxylic acids is 1. The Bertz CT molecular complexity index is 226. The molecule has 0 bridgehead atoms. The summed E-state index contributed by atoms with van der Waals surface area (Å²) < 4.78 is 0. The molecule has 0 unspecified atom stereocenters. The summed E-state index contributed by atoms with van der Waals surface area (Å²) in [6.07, 6.45) is 10.8. The number of hydrogen-bond acceptors (Lipinski definition) is 1. The highest BCUT2D eigenvalue weighted by molar-refractivity contribution is 5.82. The summed E-state index contributed by atoms with van der Waals surface area (Å²) in [5.74, 6) is 1.16. The molecular formula is C14H24O. The Labute approximate surface area is 93.6 Å². The molecule has 0 aromatic heterocycles. The van der Waals surface area contributed by atoms with Gasteiger partial charge in [-0.05, 0) is 43.9 Å². The Kier molecular flexibility index (Phi) is 3.18. The first-order valence-electron chi connectivity index (χ1n) is 6.67. The van der Waals surface area contributed by atoms with Crippen molar-refractivity contribution in [2.45, 2.75) is 65.2 Å². The zero-order valence-corrected chi connectivity index (χ0v) is 10.2. The number of hydrogen-bond donors (Lipinski definition) is 0. The summed E-state index contributed by atoms with van der Waals surface area (Å²) >= 11 is 0. The van der Waals surface area contributed by atoms with Gasteiger partial charge >= 0.3 is 0 Å². The Morgan fingerprint density at radius 1 is 1.07 bits per heavy atom. The van der Waals surface area contributed by atoms with Crippen molar-refractivity contribution in [2.75, 3.05) is 0 Å². The summed E-state index contributed by atoms with van der Waals surface area (Å²) in [4.78, 5) is 11.9. The lowest BCUT2D eigenvalue weighted by atomic mass is 9.68. The second kappa shape index (κ2) is 4.27. The van der Waals surface area contributed by atoms with Crippen LogP contribution in [0.1, 0.15) is 65.2 Å². The molecule has 2 aliphatic rings. The molecule has 2 fully saturated rings. The molecule has 15 heavy (non-hydrogen) atoms. The van der Waals surface area contributed by atoms with Crippen molar-refractivity contribution >= 4 is 5.78 Å². The maximum Gasteiger partial charge on any atom is 0.138 e. The van der Waals surface area contributed by atoms with Crippen molar-refractivity contribution in [1.82, 2.24) is 0 Å². The van der Waals surface area contributed by atoms with E-state index in [1.807, 2.05) is 13.8 Å². The average Bonchev–Trinajstić information content (AvgIpc) is 2.67. The molecule has 1 spiro atoms. The predicted octanol–water partition coefficient (Wildman–Crippen LogP) is 3.96. The first-order valence-corrected chi connectivity index (χ1v) is 6.67. The molecule has 1 nitrogen and oxygen atoms in total. The normalized spacial score (nSPS) is 26.3. The molecule has 86 valence electrons. The third-order valence-corrected chi connectivity index (χ3v) is 4.68. The molecule has 0 aromatic carbocycles. The van der Waals surface area contributed by atoms with Crippen LogP contribution < -0.4 is 0 Å². The van der Waals surface area contributed by atoms with Crippen molar-refractivity contribution in [1.29, 1.82) is 0 Å². The summed E-state index contributed by atoms with van der Waals surface area (Å²) in [7, 11) is 0. The highest BCUT2D eigenvalue weighted by Gasteiger charge is 2.39. The zero-order valence-electron chi connectivity index (χ0n) is 10.2. The molecule has 0 radical (unpaired) electrons. The second-order valence-electron chi connectivity index (χ2n) is 6.04. The minimum atomic E-state index is 0.243. The highest BCUT2D eigenvalue weighted by atomic mass is 16.1. The Hall–Kier alpha value is -0.330. The van der Waals surface area contributed by atoms with Gasteiger partial charge in [0.15, 0.2) is 0 Å². The summed E-state index contributed by atoms with van der Waals surface area (Å²) in [5, 5.41) is 0. The molecule has 0 amide bonds. The van der Waals surface area contributed by atoms with E-state index in [2.05, 4.69) is 0 Å². The van der Waals surface area contributed by atoms with E-state index in [0.717, 1.165) is 0 Å². The zero-order chi connectivity index (χ0) is 10.9. The largest absolute Gasteiger partial charge is 0.299 e. The minimum Gasteiger partial charge on any atom is -0.299 e. The smallest absolute Gasteiger partial charge is 0.138 e. The molecule has 2 rings (SSSR count). The van der Waals surface area contributed by atoms with Gasteiger partial charge in [-0.2, -0.15) is 0 Å². The molecule has 1 heteroatoms. The van der Waals surface area contributed by atoms with Gasteiger partial charge in [0.05, 0.1) is 0 Å². The van der Waals surface area contributed by atoms with E-state index in [4.69, 9.17) is 0 Å². The van der Waals surface area contributed by atoms with Gasteiger partial charge in [0.1, 0.15) is 5.78 Å². The van der Waals surface area contributed by atoms with Gasteiger partial charge in [-0.25, -0.2) is 0 Å². The summed E-state index contributed by atoms with van der Waals surface area (Å²) in [5.41, 5.74) is 0.674. The van der Waals surface area contributed by atoms with Crippen LogP contribution >= 0.6 is 0 Å². The van der Waals surface area contributed by atoms with Crippen molar-refractivity contribution < 1.29 is 4.79 Å². The highest BCUT2D eigenvalue weighted by Crippen LogP contribution is 2.50. The SMILES string of the molecule is CC(C)C(=O)C1CCC2(CCCC2)CC1. The average molecular weight is 208 g/mol. The quantitative estimate of drug-likeness (QED) is 0.671. The van der Waals surface area contributed by atoms with E-state index >= 15 is 0 Å². The molecule has 2 aliphatic carbocycles. The van der Waals surface area contributed by atoms with Crippen LogP contribution in [-0.4, -0.2) is 5.78 Å². The Morgan fingerprint density at radius 3 is 2.07 bits per heavy atom. The molecule has 0 aromatic rings. The number of ketones is 1. The molecule has 0 atom stereocenters. The minimum absolute atomic E-state index is 0.243. The Balaban J connectivity index is 1.89. The molecule has 0 N–H and O–H groups in total. The maximum absolute atomic E-state index is 11.9. The fourth-order valence-corrected chi connectivity index (χ4v) is 3.61. The number of rotatable bonds is 2. The van der Waals surface area contributed by atoms with Crippen LogP contribution in [-0.2, 0) is 4.79 Å². The van der Waals surface area contributed by atoms with E-state index in [1.54, 1.807) is 0 Å². The van der Waals surface area contributed by atoms with Gasteiger partial charge < -0.3 is 0 Å². The van der Waals surface area contributed by atoms with Crippen LogP contribution in [0.25, 0.3) is 0 Å². The van der Waals surface area contributed by atoms with Crippen molar-refractivity contribution in [3.63, 3.8) is 0 Å². The lowest BCUT2D eigenvalue weighted by Crippen LogP contribution is -2.30. The van der Waals surface area contributed by atoms with Crippen LogP contribution in [0, 0.1) is 17.3 Å². The van der Waals surface area contributed by atoms with Crippen LogP contribution in [0.15, 0.2) is 0 Å². The predicted molar refractivity (Wildman–Crippen MR) is 62.7 cm³/mol. The van der Waals surface area contributed by atoms with Gasteiger partial charge in [-0.15, -0.1) is 0 Å². The van der Waals surface area contributed by atoms with Gasteiger partial charge in [0.2, 0.25) is 0 Å². The standard InChI is InChI=1S/C14H24O/c1-11(2)13(15)12-5-9-14(10-6-12)7-3-4-8-14/h11-12H,3-10H2,1-2H3. The van der Waals surface area contributed by atoms with Crippen molar-refractivity contribution in [3.8, 4) is 0 Å². The van der Waals surface area contributed by atoms with E-state index in [-0.39, 0.29) is 5.92 Å². The Morgan fingerprint density at radius 2 is 1.60 bits per heavy atom. The topological polar surface area (TPSA) is 17.1 Å². The van der Waals surface area contributed by atoms with Crippen LogP contribution in [0.2, 0.25) is 0 Å². The van der Waals surface area contributed by atoms with Crippen LogP contribution in [0.4, 0.5) is 0 Å². The molecular weight excluding hydrogens is 184 g/mol. The van der Waals surface area contributed by atoms with Gasteiger partial charge in [0.25, 0.3) is 0 Å². The molecule has 0 saturated heterocycles. The monoisotopic (exact) mass is 208 g/mol. The molecule has 0 heterocycles. The lowest BCUT2D eigenvalue weighted by molar-refractivity contribution is -0.127. The van der Waals surface area contributed by atoms with Crippen LogP contribution in [0.3, 0.4) is 0 Å². The summed E-state index contributed by atoms with van der Waals surface area (Å²) in [6.45, 7) is 4.09. The van der Waals surface area contributed by atoms with Gasteiger partial charge in [0, 0.05) is 11.8 Å². The molecule has 0 aliphatic heterocycles. The lowest BCUT2D eigenvalue weighted by Gasteiger charge is -2.37. The number of Topliss-reactive ketones (excluding diaryl/α,β-unsaturated/α-hetero) is 1.